The Balaban J connectivity index is 2.71. The molecule has 2 rings (SSSR count). The third kappa shape index (κ3) is 1.04. The third-order valence-electron chi connectivity index (χ3n) is 1.95. The van der Waals surface area contributed by atoms with Crippen molar-refractivity contribution in [3.05, 3.63) is 35.4 Å². The van der Waals surface area contributed by atoms with Crippen LogP contribution in [-0.2, 0) is 9.59 Å². The number of benzene rings is 1. The number of carbonyl (C=O) groups excluding carboxylic acids is 2. The summed E-state index contributed by atoms with van der Waals surface area (Å²) in [7, 11) is 0. The summed E-state index contributed by atoms with van der Waals surface area (Å²) in [6, 6.07) is 6.63. The van der Waals surface area contributed by atoms with E-state index in [1.807, 2.05) is 0 Å². The van der Waals surface area contributed by atoms with Crippen LogP contribution in [0.25, 0.3) is 5.53 Å². The molecule has 0 atom stereocenters. The number of amides is 1. The Morgan fingerprint density at radius 1 is 1.21 bits per heavy atom. The number of anilines is 1. The van der Waals surface area contributed by atoms with E-state index in [0.717, 1.165) is 0 Å². The van der Waals surface area contributed by atoms with Crippen molar-refractivity contribution >= 4 is 23.1 Å². The van der Waals surface area contributed by atoms with Crippen molar-refractivity contribution in [2.24, 2.45) is 0 Å². The standard InChI is InChI=1S/C9H5N3O2/c10-12-7-5-3-1-2-4-6(5)11-9(14)8(7)13/h1-4H,(H,11,14). The SMILES string of the molecule is [N-]=[N+]=C1C(=O)C(=O)Nc2ccccc21. The van der Waals surface area contributed by atoms with Gasteiger partial charge in [0.05, 0.1) is 11.3 Å². The zero-order valence-corrected chi connectivity index (χ0v) is 7.02. The van der Waals surface area contributed by atoms with E-state index in [-0.39, 0.29) is 5.71 Å². The van der Waals surface area contributed by atoms with Gasteiger partial charge in [-0.25, -0.2) is 0 Å². The second kappa shape index (κ2) is 2.90. The smallest absolute Gasteiger partial charge is 0.361 e. The molecule has 5 heteroatoms. The molecule has 1 aliphatic heterocycles. The Hall–Kier alpha value is -2.26. The molecule has 0 aliphatic carbocycles. The average molecular weight is 187 g/mol. The molecule has 0 unspecified atom stereocenters. The summed E-state index contributed by atoms with van der Waals surface area (Å²) in [6.45, 7) is 0. The second-order valence-electron chi connectivity index (χ2n) is 2.78. The maximum atomic E-state index is 11.2. The molecule has 0 fully saturated rings. The molecule has 0 saturated heterocycles. The molecule has 1 aliphatic rings. The van der Waals surface area contributed by atoms with Gasteiger partial charge in [0.25, 0.3) is 0 Å². The van der Waals surface area contributed by atoms with Gasteiger partial charge in [-0.15, -0.1) is 0 Å². The van der Waals surface area contributed by atoms with Gasteiger partial charge >= 0.3 is 17.4 Å². The molecule has 0 aromatic heterocycles. The van der Waals surface area contributed by atoms with E-state index in [2.05, 4.69) is 10.1 Å². The van der Waals surface area contributed by atoms with Crippen LogP contribution in [0.4, 0.5) is 5.69 Å². The number of ketones is 1. The Morgan fingerprint density at radius 3 is 2.64 bits per heavy atom. The van der Waals surface area contributed by atoms with E-state index in [9.17, 15) is 9.59 Å². The molecule has 1 aromatic rings. The highest BCUT2D eigenvalue weighted by atomic mass is 16.2. The highest BCUT2D eigenvalue weighted by Gasteiger charge is 2.36. The number of Topliss-reactive ketones (excluding diaryl/α,β-unsaturated/α-hetero) is 1. The number of nitrogens with one attached hydrogen (secondary N) is 1. The van der Waals surface area contributed by atoms with E-state index < -0.39 is 11.7 Å². The second-order valence-corrected chi connectivity index (χ2v) is 2.78. The van der Waals surface area contributed by atoms with Gasteiger partial charge in [0.15, 0.2) is 0 Å². The number of hydrogen-bond acceptors (Lipinski definition) is 2. The molecule has 1 N–H and O–H groups in total. The lowest BCUT2D eigenvalue weighted by atomic mass is 10.00. The summed E-state index contributed by atoms with van der Waals surface area (Å²) in [4.78, 5) is 25.1. The van der Waals surface area contributed by atoms with Gasteiger partial charge in [-0.3, -0.25) is 9.59 Å². The zero-order valence-electron chi connectivity index (χ0n) is 7.02. The quantitative estimate of drug-likeness (QED) is 0.358. The normalized spacial score (nSPS) is 14.4. The van der Waals surface area contributed by atoms with Gasteiger partial charge in [0.2, 0.25) is 0 Å². The fraction of sp³-hybridized carbons (Fsp3) is 0. The average Bonchev–Trinajstić information content (AvgIpc) is 2.20. The highest BCUT2D eigenvalue weighted by Crippen LogP contribution is 2.19. The first-order valence-electron chi connectivity index (χ1n) is 3.91. The van der Waals surface area contributed by atoms with Crippen LogP contribution in [0.3, 0.4) is 0 Å². The van der Waals surface area contributed by atoms with Crippen LogP contribution in [0.1, 0.15) is 5.56 Å². The van der Waals surface area contributed by atoms with Crippen molar-refractivity contribution in [3.63, 3.8) is 0 Å². The minimum Gasteiger partial charge on any atom is -0.361 e. The monoisotopic (exact) mass is 187 g/mol. The fourth-order valence-corrected chi connectivity index (χ4v) is 1.31. The van der Waals surface area contributed by atoms with Crippen LogP contribution < -0.4 is 5.32 Å². The van der Waals surface area contributed by atoms with Crippen LogP contribution in [0.2, 0.25) is 0 Å². The lowest BCUT2D eigenvalue weighted by Crippen LogP contribution is -2.36. The molecule has 1 aromatic carbocycles. The number of nitrogens with zero attached hydrogens (tertiary/aromatic N) is 2. The maximum absolute atomic E-state index is 11.2. The van der Waals surface area contributed by atoms with E-state index >= 15 is 0 Å². The Kier molecular flexibility index (Phi) is 1.73. The van der Waals surface area contributed by atoms with Crippen molar-refractivity contribution in [1.82, 2.24) is 0 Å². The molecule has 1 amide bonds. The van der Waals surface area contributed by atoms with Crippen LogP contribution in [0.15, 0.2) is 24.3 Å². The number of fused-ring (bicyclic) bond motifs is 1. The first-order valence-corrected chi connectivity index (χ1v) is 3.91. The molecule has 0 spiro atoms. The van der Waals surface area contributed by atoms with Gasteiger partial charge in [0.1, 0.15) is 0 Å². The predicted molar refractivity (Wildman–Crippen MR) is 47.8 cm³/mol. The summed E-state index contributed by atoms with van der Waals surface area (Å²) in [5.41, 5.74) is 9.30. The van der Waals surface area contributed by atoms with E-state index in [1.54, 1.807) is 24.3 Å². The fourth-order valence-electron chi connectivity index (χ4n) is 1.31. The lowest BCUT2D eigenvalue weighted by Gasteiger charge is -2.10. The van der Waals surface area contributed by atoms with Gasteiger partial charge in [-0.2, -0.15) is 4.79 Å². The molecule has 14 heavy (non-hydrogen) atoms. The van der Waals surface area contributed by atoms with Gasteiger partial charge < -0.3 is 10.8 Å². The Morgan fingerprint density at radius 2 is 1.93 bits per heavy atom. The first-order chi connectivity index (χ1) is 6.74. The predicted octanol–water partition coefficient (Wildman–Crippen LogP) is 0.227. The Labute approximate surface area is 79.0 Å². The summed E-state index contributed by atoms with van der Waals surface area (Å²) in [5, 5.41) is 2.39. The minimum absolute atomic E-state index is 0.218. The molecule has 0 saturated carbocycles. The van der Waals surface area contributed by atoms with E-state index in [4.69, 9.17) is 5.53 Å². The van der Waals surface area contributed by atoms with Gasteiger partial charge in [-0.05, 0) is 12.1 Å². The number of carbonyl (C=O) groups is 2. The molecule has 1 heterocycles. The molecular formula is C9H5N3O2. The Bertz CT molecular complexity index is 487. The number of para-hydroxylation sites is 1. The first kappa shape index (κ1) is 8.34. The topological polar surface area (TPSA) is 82.6 Å². The van der Waals surface area contributed by atoms with E-state index in [0.29, 0.717) is 11.3 Å². The summed E-state index contributed by atoms with van der Waals surface area (Å²) >= 11 is 0. The summed E-state index contributed by atoms with van der Waals surface area (Å²) in [6.07, 6.45) is 0. The molecule has 5 nitrogen and oxygen atoms in total. The van der Waals surface area contributed by atoms with Crippen molar-refractivity contribution in [2.45, 2.75) is 0 Å². The van der Waals surface area contributed by atoms with Crippen LogP contribution in [0.5, 0.6) is 0 Å². The summed E-state index contributed by atoms with van der Waals surface area (Å²) in [5.74, 6) is -1.61. The molecule has 68 valence electrons. The number of hydrogen-bond donors (Lipinski definition) is 1. The zero-order chi connectivity index (χ0) is 10.1. The minimum atomic E-state index is -0.828. The third-order valence-corrected chi connectivity index (χ3v) is 1.95. The molecule has 0 radical (unpaired) electrons. The summed E-state index contributed by atoms with van der Waals surface area (Å²) < 4.78 is 0. The maximum Gasteiger partial charge on any atom is 0.377 e. The molecular weight excluding hydrogens is 182 g/mol. The van der Waals surface area contributed by atoms with Crippen molar-refractivity contribution in [3.8, 4) is 0 Å². The van der Waals surface area contributed by atoms with Crippen molar-refractivity contribution in [2.75, 3.05) is 5.32 Å². The van der Waals surface area contributed by atoms with Crippen molar-refractivity contribution < 1.29 is 14.4 Å². The van der Waals surface area contributed by atoms with Crippen LogP contribution >= 0.6 is 0 Å². The highest BCUT2D eigenvalue weighted by molar-refractivity contribution is 6.70. The number of rotatable bonds is 0. The van der Waals surface area contributed by atoms with Crippen LogP contribution in [0, 0.1) is 0 Å². The van der Waals surface area contributed by atoms with Crippen molar-refractivity contribution in [1.29, 1.82) is 0 Å². The lowest BCUT2D eigenvalue weighted by molar-refractivity contribution is -0.133. The largest absolute Gasteiger partial charge is 0.377 e. The molecule has 0 bridgehead atoms. The van der Waals surface area contributed by atoms with E-state index in [1.165, 1.54) is 0 Å². The van der Waals surface area contributed by atoms with Crippen LogP contribution in [-0.4, -0.2) is 22.2 Å². The van der Waals surface area contributed by atoms with Gasteiger partial charge in [0, 0.05) is 0 Å². The van der Waals surface area contributed by atoms with Gasteiger partial charge in [-0.1, -0.05) is 12.1 Å².